The summed E-state index contributed by atoms with van der Waals surface area (Å²) in [4.78, 5) is 0. The summed E-state index contributed by atoms with van der Waals surface area (Å²) in [5.74, 6) is 0. The topological polar surface area (TPSA) is 30.7 Å². The number of hydrogen-bond acceptors (Lipinski definition) is 2. The molecule has 0 amide bonds. The van der Waals surface area contributed by atoms with E-state index in [1.807, 2.05) is 12.7 Å². The Morgan fingerprint density at radius 2 is 2.62 bits per heavy atom. The molecule has 0 unspecified atom stereocenters. The van der Waals surface area contributed by atoms with E-state index in [9.17, 15) is 0 Å². The first kappa shape index (κ1) is 5.28. The highest BCUT2D eigenvalue weighted by molar-refractivity contribution is 4.71. The predicted molar refractivity (Wildman–Crippen MR) is 30.0 cm³/mol. The molecule has 43 valence electrons. The minimum Gasteiger partial charge on any atom is -0.247 e. The van der Waals surface area contributed by atoms with E-state index in [0.29, 0.717) is 0 Å². The Bertz CT molecular complexity index is 133. The van der Waals surface area contributed by atoms with Crippen LogP contribution in [0.1, 0.15) is 13.3 Å². The molecule has 1 aromatic rings. The Morgan fingerprint density at radius 1 is 1.75 bits per heavy atom. The highest BCUT2D eigenvalue weighted by Crippen LogP contribution is 1.86. The van der Waals surface area contributed by atoms with Crippen molar-refractivity contribution in [1.82, 2.24) is 15.0 Å². The number of nitrogens with zero attached hydrogens (tertiary/aromatic N) is 3. The fraction of sp³-hybridized carbons (Fsp3) is 0.400. The zero-order chi connectivity index (χ0) is 5.82. The summed E-state index contributed by atoms with van der Waals surface area (Å²) in [6.07, 6.45) is 4.46. The van der Waals surface area contributed by atoms with Gasteiger partial charge in [-0.15, -0.1) is 5.10 Å². The fourth-order valence-corrected chi connectivity index (χ4v) is 0.502. The lowest BCUT2D eigenvalue weighted by molar-refractivity contribution is 0.717. The van der Waals surface area contributed by atoms with Crippen molar-refractivity contribution in [3.8, 4) is 0 Å². The SMILES string of the molecule is CC[CH]n1ccnn1. The van der Waals surface area contributed by atoms with Gasteiger partial charge < -0.3 is 0 Å². The van der Waals surface area contributed by atoms with Gasteiger partial charge in [-0.1, -0.05) is 12.1 Å². The summed E-state index contributed by atoms with van der Waals surface area (Å²) in [5, 5.41) is 7.34. The average molecular weight is 110 g/mol. The molecule has 8 heavy (non-hydrogen) atoms. The summed E-state index contributed by atoms with van der Waals surface area (Å²) in [6.45, 7) is 4.01. The zero-order valence-corrected chi connectivity index (χ0v) is 4.78. The van der Waals surface area contributed by atoms with E-state index in [4.69, 9.17) is 0 Å². The van der Waals surface area contributed by atoms with Crippen molar-refractivity contribution in [3.63, 3.8) is 0 Å². The first-order valence-electron chi connectivity index (χ1n) is 2.62. The summed E-state index contributed by atoms with van der Waals surface area (Å²) in [5.41, 5.74) is 0. The van der Waals surface area contributed by atoms with Crippen LogP contribution in [-0.2, 0) is 0 Å². The van der Waals surface area contributed by atoms with E-state index in [-0.39, 0.29) is 0 Å². The molecule has 0 aromatic carbocycles. The number of rotatable bonds is 2. The Balaban J connectivity index is 2.50. The average Bonchev–Trinajstić information content (AvgIpc) is 2.19. The minimum absolute atomic E-state index is 0.989. The van der Waals surface area contributed by atoms with E-state index in [0.717, 1.165) is 6.42 Å². The second-order valence-corrected chi connectivity index (χ2v) is 1.47. The molecule has 0 spiro atoms. The third kappa shape index (κ3) is 1.05. The molecular formula is C5H8N3. The molecule has 0 aliphatic carbocycles. The Hall–Kier alpha value is -0.860. The third-order valence-corrected chi connectivity index (χ3v) is 0.811. The second kappa shape index (κ2) is 2.45. The van der Waals surface area contributed by atoms with Crippen molar-refractivity contribution in [2.24, 2.45) is 0 Å². The van der Waals surface area contributed by atoms with E-state index >= 15 is 0 Å². The molecule has 0 saturated heterocycles. The van der Waals surface area contributed by atoms with Crippen LogP contribution in [0.5, 0.6) is 0 Å². The van der Waals surface area contributed by atoms with Gasteiger partial charge in [-0.05, 0) is 6.42 Å². The monoisotopic (exact) mass is 110 g/mol. The van der Waals surface area contributed by atoms with Crippen LogP contribution >= 0.6 is 0 Å². The molecule has 0 N–H and O–H groups in total. The van der Waals surface area contributed by atoms with Crippen molar-refractivity contribution >= 4 is 0 Å². The molecule has 0 aliphatic rings. The van der Waals surface area contributed by atoms with Crippen LogP contribution in [0.3, 0.4) is 0 Å². The maximum Gasteiger partial charge on any atom is 0.0758 e. The van der Waals surface area contributed by atoms with Gasteiger partial charge in [0, 0.05) is 6.20 Å². The van der Waals surface area contributed by atoms with Gasteiger partial charge >= 0.3 is 0 Å². The van der Waals surface area contributed by atoms with Crippen LogP contribution in [-0.4, -0.2) is 15.0 Å². The van der Waals surface area contributed by atoms with Crippen molar-refractivity contribution in [3.05, 3.63) is 18.9 Å². The molecule has 1 radical (unpaired) electrons. The molecule has 0 bridgehead atoms. The predicted octanol–water partition coefficient (Wildman–Crippen LogP) is 0.698. The maximum absolute atomic E-state index is 3.72. The number of hydrogen-bond donors (Lipinski definition) is 0. The Morgan fingerprint density at radius 3 is 3.12 bits per heavy atom. The van der Waals surface area contributed by atoms with Gasteiger partial charge in [0.15, 0.2) is 0 Å². The van der Waals surface area contributed by atoms with E-state index in [1.165, 1.54) is 0 Å². The molecule has 1 rings (SSSR count). The van der Waals surface area contributed by atoms with Gasteiger partial charge in [-0.25, -0.2) is 4.68 Å². The lowest BCUT2D eigenvalue weighted by Gasteiger charge is -1.89. The quantitative estimate of drug-likeness (QED) is 0.561. The van der Waals surface area contributed by atoms with Crippen molar-refractivity contribution in [1.29, 1.82) is 0 Å². The first-order chi connectivity index (χ1) is 3.93. The molecular weight excluding hydrogens is 102 g/mol. The number of aromatic nitrogens is 3. The minimum atomic E-state index is 0.989. The van der Waals surface area contributed by atoms with Gasteiger partial charge in [-0.2, -0.15) is 0 Å². The van der Waals surface area contributed by atoms with Gasteiger partial charge in [0.1, 0.15) is 0 Å². The first-order valence-corrected chi connectivity index (χ1v) is 2.62. The maximum atomic E-state index is 3.72. The Kier molecular flexibility index (Phi) is 1.62. The molecule has 0 fully saturated rings. The van der Waals surface area contributed by atoms with Crippen molar-refractivity contribution < 1.29 is 0 Å². The molecule has 3 heteroatoms. The second-order valence-electron chi connectivity index (χ2n) is 1.47. The van der Waals surface area contributed by atoms with Crippen LogP contribution in [0.2, 0.25) is 0 Å². The van der Waals surface area contributed by atoms with E-state index in [2.05, 4.69) is 17.2 Å². The lowest BCUT2D eigenvalue weighted by atomic mass is 10.5. The smallest absolute Gasteiger partial charge is 0.0758 e. The molecule has 3 nitrogen and oxygen atoms in total. The summed E-state index contributed by atoms with van der Waals surface area (Å²) >= 11 is 0. The van der Waals surface area contributed by atoms with Gasteiger partial charge in [0.25, 0.3) is 0 Å². The summed E-state index contributed by atoms with van der Waals surface area (Å²) < 4.78 is 1.69. The molecule has 1 heterocycles. The molecule has 0 aliphatic heterocycles. The van der Waals surface area contributed by atoms with E-state index in [1.54, 1.807) is 10.9 Å². The molecule has 0 saturated carbocycles. The van der Waals surface area contributed by atoms with Crippen LogP contribution in [0, 0.1) is 6.54 Å². The normalized spacial score (nSPS) is 9.62. The Labute approximate surface area is 48.3 Å². The van der Waals surface area contributed by atoms with Crippen molar-refractivity contribution in [2.75, 3.05) is 0 Å². The highest BCUT2D eigenvalue weighted by Gasteiger charge is 1.84. The zero-order valence-electron chi connectivity index (χ0n) is 4.78. The fourth-order valence-electron chi connectivity index (χ4n) is 0.502. The largest absolute Gasteiger partial charge is 0.247 e. The lowest BCUT2D eigenvalue weighted by Crippen LogP contribution is -1.93. The highest BCUT2D eigenvalue weighted by atomic mass is 15.4. The van der Waals surface area contributed by atoms with Gasteiger partial charge in [0.2, 0.25) is 0 Å². The van der Waals surface area contributed by atoms with Gasteiger partial charge in [0.05, 0.1) is 12.7 Å². The third-order valence-electron chi connectivity index (χ3n) is 0.811. The summed E-state index contributed by atoms with van der Waals surface area (Å²) in [7, 11) is 0. The summed E-state index contributed by atoms with van der Waals surface area (Å²) in [6, 6.07) is 0. The van der Waals surface area contributed by atoms with Crippen LogP contribution in [0.4, 0.5) is 0 Å². The van der Waals surface area contributed by atoms with Crippen LogP contribution < -0.4 is 0 Å². The van der Waals surface area contributed by atoms with E-state index < -0.39 is 0 Å². The van der Waals surface area contributed by atoms with Crippen molar-refractivity contribution in [2.45, 2.75) is 13.3 Å². The molecule has 0 atom stereocenters. The molecule has 1 aromatic heterocycles. The van der Waals surface area contributed by atoms with Crippen LogP contribution in [0.25, 0.3) is 0 Å². The van der Waals surface area contributed by atoms with Gasteiger partial charge in [-0.3, -0.25) is 0 Å². The standard InChI is InChI=1S/C5H8N3/c1-2-4-8-5-3-6-7-8/h3-5H,2H2,1H3. The van der Waals surface area contributed by atoms with Crippen LogP contribution in [0.15, 0.2) is 12.4 Å².